The summed E-state index contributed by atoms with van der Waals surface area (Å²) in [5.41, 5.74) is 8.25. The van der Waals surface area contributed by atoms with Gasteiger partial charge in [0.15, 0.2) is 0 Å². The van der Waals surface area contributed by atoms with Crippen LogP contribution in [0.1, 0.15) is 19.4 Å². The molecule has 1 heterocycles. The van der Waals surface area contributed by atoms with Crippen molar-refractivity contribution >= 4 is 16.8 Å². The van der Waals surface area contributed by atoms with Gasteiger partial charge in [-0.2, -0.15) is 0 Å². The largest absolute Gasteiger partial charge is 0.361 e. The first-order chi connectivity index (χ1) is 9.49. The Hall–Kier alpha value is -1.81. The fourth-order valence-electron chi connectivity index (χ4n) is 2.55. The normalized spacial score (nSPS) is 12.8. The molecule has 1 amide bonds. The number of fused-ring (bicyclic) bond motifs is 1. The van der Waals surface area contributed by atoms with Crippen molar-refractivity contribution in [1.29, 1.82) is 0 Å². The lowest BCUT2D eigenvalue weighted by atomic mass is 10.0. The van der Waals surface area contributed by atoms with Gasteiger partial charge in [0.2, 0.25) is 5.91 Å². The fraction of sp³-hybridized carbons (Fsp3) is 0.438. The van der Waals surface area contributed by atoms with Gasteiger partial charge in [-0.15, -0.1) is 0 Å². The number of likely N-dealkylation sites (N-methyl/N-ethyl adjacent to an activating group) is 1. The molecular weight excluding hydrogens is 250 g/mol. The van der Waals surface area contributed by atoms with Gasteiger partial charge in [-0.05, 0) is 24.0 Å². The average molecular weight is 273 g/mol. The molecule has 108 valence electrons. The van der Waals surface area contributed by atoms with Crippen molar-refractivity contribution in [3.63, 3.8) is 0 Å². The number of rotatable bonds is 5. The topological polar surface area (TPSA) is 62.1 Å². The Kier molecular flexibility index (Phi) is 4.45. The van der Waals surface area contributed by atoms with E-state index >= 15 is 0 Å². The van der Waals surface area contributed by atoms with Crippen LogP contribution in [0.2, 0.25) is 0 Å². The van der Waals surface area contributed by atoms with Crippen LogP contribution in [0.15, 0.2) is 30.5 Å². The summed E-state index contributed by atoms with van der Waals surface area (Å²) < 4.78 is 0. The average Bonchev–Trinajstić information content (AvgIpc) is 2.80. The number of nitrogens with one attached hydrogen (secondary N) is 1. The molecule has 0 saturated carbocycles. The highest BCUT2D eigenvalue weighted by Gasteiger charge is 2.20. The summed E-state index contributed by atoms with van der Waals surface area (Å²) >= 11 is 0. The van der Waals surface area contributed by atoms with Gasteiger partial charge in [0.1, 0.15) is 0 Å². The summed E-state index contributed by atoms with van der Waals surface area (Å²) in [5.74, 6) is 0.452. The maximum absolute atomic E-state index is 12.2. The number of benzene rings is 1. The molecule has 2 rings (SSSR count). The van der Waals surface area contributed by atoms with Gasteiger partial charge >= 0.3 is 0 Å². The minimum absolute atomic E-state index is 0.00369. The van der Waals surface area contributed by atoms with Crippen LogP contribution in [-0.2, 0) is 11.2 Å². The summed E-state index contributed by atoms with van der Waals surface area (Å²) in [5, 5.41) is 1.14. The number of para-hydroxylation sites is 1. The molecule has 0 aliphatic heterocycles. The summed E-state index contributed by atoms with van der Waals surface area (Å²) in [6, 6.07) is 7.58. The highest BCUT2D eigenvalue weighted by atomic mass is 16.2. The highest BCUT2D eigenvalue weighted by molar-refractivity contribution is 5.86. The number of carbonyl (C=O) groups excluding carboxylic acids is 1. The number of aromatic amines is 1. The zero-order valence-electron chi connectivity index (χ0n) is 12.4. The van der Waals surface area contributed by atoms with Crippen molar-refractivity contribution < 1.29 is 4.79 Å². The Balaban J connectivity index is 2.07. The standard InChI is InChI=1S/C16H23N3O/c1-11(2)10-19(3)16(20)14(17)8-12-9-18-15-7-5-4-6-13(12)15/h4-7,9,11,14,18H,8,10,17H2,1-3H3. The molecule has 0 aliphatic rings. The maximum Gasteiger partial charge on any atom is 0.239 e. The molecule has 0 bridgehead atoms. The van der Waals surface area contributed by atoms with Crippen LogP contribution in [0.5, 0.6) is 0 Å². The second kappa shape index (κ2) is 6.09. The minimum Gasteiger partial charge on any atom is -0.361 e. The van der Waals surface area contributed by atoms with Gasteiger partial charge in [0, 0.05) is 30.7 Å². The molecule has 1 aromatic heterocycles. The van der Waals surface area contributed by atoms with Crippen LogP contribution < -0.4 is 5.73 Å². The number of H-pyrrole nitrogens is 1. The summed E-state index contributed by atoms with van der Waals surface area (Å²) in [7, 11) is 1.82. The third kappa shape index (κ3) is 3.20. The lowest BCUT2D eigenvalue weighted by Crippen LogP contribution is -2.44. The zero-order valence-corrected chi connectivity index (χ0v) is 12.4. The van der Waals surface area contributed by atoms with Crippen LogP contribution in [0.3, 0.4) is 0 Å². The molecule has 1 aromatic carbocycles. The first kappa shape index (κ1) is 14.6. The van der Waals surface area contributed by atoms with Crippen molar-refractivity contribution in [2.45, 2.75) is 26.3 Å². The molecule has 0 saturated heterocycles. The number of nitrogens with zero attached hydrogens (tertiary/aromatic N) is 1. The van der Waals surface area contributed by atoms with Crippen LogP contribution >= 0.6 is 0 Å². The van der Waals surface area contributed by atoms with E-state index in [4.69, 9.17) is 5.73 Å². The van der Waals surface area contributed by atoms with Crippen molar-refractivity contribution in [3.8, 4) is 0 Å². The van der Waals surface area contributed by atoms with E-state index in [2.05, 4.69) is 24.9 Å². The quantitative estimate of drug-likeness (QED) is 0.877. The highest BCUT2D eigenvalue weighted by Crippen LogP contribution is 2.19. The number of aromatic nitrogens is 1. The van der Waals surface area contributed by atoms with Crippen LogP contribution in [0, 0.1) is 5.92 Å². The minimum atomic E-state index is -0.488. The van der Waals surface area contributed by atoms with Crippen molar-refractivity contribution in [2.75, 3.05) is 13.6 Å². The van der Waals surface area contributed by atoms with Crippen molar-refractivity contribution in [2.24, 2.45) is 11.7 Å². The summed E-state index contributed by atoms with van der Waals surface area (Å²) in [6.45, 7) is 4.92. The molecule has 4 heteroatoms. The molecule has 0 aliphatic carbocycles. The molecule has 3 N–H and O–H groups in total. The van der Waals surface area contributed by atoms with Gasteiger partial charge < -0.3 is 15.6 Å². The fourth-order valence-corrected chi connectivity index (χ4v) is 2.55. The van der Waals surface area contributed by atoms with E-state index in [1.165, 1.54) is 0 Å². The Morgan fingerprint density at radius 2 is 2.05 bits per heavy atom. The van der Waals surface area contributed by atoms with Gasteiger partial charge in [-0.1, -0.05) is 32.0 Å². The van der Waals surface area contributed by atoms with Crippen LogP contribution in [-0.4, -0.2) is 35.4 Å². The monoisotopic (exact) mass is 273 g/mol. The predicted octanol–water partition coefficient (Wildman–Crippen LogP) is 2.15. The van der Waals surface area contributed by atoms with Crippen molar-refractivity contribution in [1.82, 2.24) is 9.88 Å². The Morgan fingerprint density at radius 1 is 1.35 bits per heavy atom. The number of hydrogen-bond donors (Lipinski definition) is 2. The SMILES string of the molecule is CC(C)CN(C)C(=O)C(N)Cc1c[nH]c2ccccc12. The number of nitrogens with two attached hydrogens (primary N) is 1. The lowest BCUT2D eigenvalue weighted by molar-refractivity contribution is -0.131. The van der Waals surface area contributed by atoms with E-state index in [0.717, 1.165) is 23.0 Å². The number of carbonyl (C=O) groups is 1. The van der Waals surface area contributed by atoms with E-state index in [1.807, 2.05) is 31.4 Å². The number of amides is 1. The molecule has 4 nitrogen and oxygen atoms in total. The van der Waals surface area contributed by atoms with E-state index in [0.29, 0.717) is 12.3 Å². The van der Waals surface area contributed by atoms with Crippen LogP contribution in [0.25, 0.3) is 10.9 Å². The molecule has 1 atom stereocenters. The van der Waals surface area contributed by atoms with Crippen molar-refractivity contribution in [3.05, 3.63) is 36.0 Å². The van der Waals surface area contributed by atoms with E-state index in [1.54, 1.807) is 4.90 Å². The lowest BCUT2D eigenvalue weighted by Gasteiger charge is -2.22. The summed E-state index contributed by atoms with van der Waals surface area (Å²) in [6.07, 6.45) is 2.51. The Morgan fingerprint density at radius 3 is 2.75 bits per heavy atom. The van der Waals surface area contributed by atoms with Gasteiger partial charge in [0.05, 0.1) is 6.04 Å². The third-order valence-electron chi connectivity index (χ3n) is 3.45. The van der Waals surface area contributed by atoms with Gasteiger partial charge in [0.25, 0.3) is 0 Å². The molecule has 0 spiro atoms. The maximum atomic E-state index is 12.2. The number of hydrogen-bond acceptors (Lipinski definition) is 2. The molecular formula is C16H23N3O. The first-order valence-corrected chi connectivity index (χ1v) is 7.04. The first-order valence-electron chi connectivity index (χ1n) is 7.04. The van der Waals surface area contributed by atoms with Gasteiger partial charge in [-0.3, -0.25) is 4.79 Å². The molecule has 2 aromatic rings. The van der Waals surface area contributed by atoms with Crippen LogP contribution in [0.4, 0.5) is 0 Å². The van der Waals surface area contributed by atoms with E-state index in [-0.39, 0.29) is 5.91 Å². The molecule has 1 unspecified atom stereocenters. The second-order valence-electron chi connectivity index (χ2n) is 5.78. The van der Waals surface area contributed by atoms with E-state index in [9.17, 15) is 4.79 Å². The molecule has 0 radical (unpaired) electrons. The molecule has 20 heavy (non-hydrogen) atoms. The smallest absolute Gasteiger partial charge is 0.239 e. The summed E-state index contributed by atoms with van der Waals surface area (Å²) in [4.78, 5) is 17.2. The third-order valence-corrected chi connectivity index (χ3v) is 3.45. The predicted molar refractivity (Wildman–Crippen MR) is 82.5 cm³/mol. The van der Waals surface area contributed by atoms with Gasteiger partial charge in [-0.25, -0.2) is 0 Å². The Bertz CT molecular complexity index is 588. The molecule has 0 fully saturated rings. The second-order valence-corrected chi connectivity index (χ2v) is 5.78. The Labute approximate surface area is 120 Å². The zero-order chi connectivity index (χ0) is 14.7. The van der Waals surface area contributed by atoms with E-state index < -0.39 is 6.04 Å².